The molecule has 0 unspecified atom stereocenters. The minimum atomic E-state index is 1.12. The summed E-state index contributed by atoms with van der Waals surface area (Å²) in [6, 6.07) is 19.1. The fraction of sp³-hybridized carbons (Fsp3) is 0.200. The highest BCUT2D eigenvalue weighted by molar-refractivity contribution is 7.99. The van der Waals surface area contributed by atoms with Gasteiger partial charge in [0.15, 0.2) is 0 Å². The van der Waals surface area contributed by atoms with Crippen molar-refractivity contribution in [1.82, 2.24) is 4.73 Å². The summed E-state index contributed by atoms with van der Waals surface area (Å²) >= 11 is 1.79. The molecule has 1 aromatic heterocycles. The van der Waals surface area contributed by atoms with E-state index in [0.29, 0.717) is 0 Å². The molecule has 3 aromatic rings. The molecule has 3 heteroatoms. The van der Waals surface area contributed by atoms with Gasteiger partial charge in [-0.2, -0.15) is 4.73 Å². The van der Waals surface area contributed by atoms with Crippen molar-refractivity contribution in [2.24, 2.45) is 0 Å². The van der Waals surface area contributed by atoms with Crippen molar-refractivity contribution in [3.05, 3.63) is 71.4 Å². The lowest BCUT2D eigenvalue weighted by Crippen LogP contribution is -2.09. The number of nitrogens with zero attached hydrogens (tertiary/aromatic N) is 1. The van der Waals surface area contributed by atoms with Crippen LogP contribution in [0.3, 0.4) is 0 Å². The fourth-order valence-electron chi connectivity index (χ4n) is 2.68. The number of benzene rings is 2. The van der Waals surface area contributed by atoms with E-state index in [1.54, 1.807) is 18.9 Å². The van der Waals surface area contributed by atoms with Gasteiger partial charge < -0.3 is 4.84 Å². The first-order valence-electron chi connectivity index (χ1n) is 7.68. The average molecular weight is 323 g/mol. The molecule has 1 heterocycles. The number of aryl methyl sites for hydroxylation is 1. The summed E-state index contributed by atoms with van der Waals surface area (Å²) in [6.07, 6.45) is 0. The predicted octanol–water partition coefficient (Wildman–Crippen LogP) is 5.29. The Morgan fingerprint density at radius 3 is 2.13 bits per heavy atom. The maximum Gasteiger partial charge on any atom is 0.104 e. The molecule has 0 bridgehead atoms. The summed E-state index contributed by atoms with van der Waals surface area (Å²) in [7, 11) is 1.72. The molecule has 118 valence electrons. The van der Waals surface area contributed by atoms with Gasteiger partial charge in [-0.05, 0) is 38.5 Å². The molecule has 0 atom stereocenters. The number of hydrogen-bond donors (Lipinski definition) is 0. The van der Waals surface area contributed by atoms with E-state index in [-0.39, 0.29) is 0 Å². The molecule has 2 nitrogen and oxygen atoms in total. The van der Waals surface area contributed by atoms with Crippen molar-refractivity contribution in [3.63, 3.8) is 0 Å². The zero-order chi connectivity index (χ0) is 16.4. The zero-order valence-electron chi connectivity index (χ0n) is 14.0. The van der Waals surface area contributed by atoms with E-state index in [1.807, 2.05) is 10.8 Å². The molecule has 0 aliphatic heterocycles. The SMILES string of the molecule is COn1c(C)c(C)c(Sc2ccc(C)cc2)c1-c1ccccc1. The van der Waals surface area contributed by atoms with E-state index in [0.717, 1.165) is 11.4 Å². The lowest BCUT2D eigenvalue weighted by molar-refractivity contribution is 0.166. The van der Waals surface area contributed by atoms with Crippen LogP contribution in [0, 0.1) is 20.8 Å². The Morgan fingerprint density at radius 2 is 1.52 bits per heavy atom. The normalized spacial score (nSPS) is 10.8. The lowest BCUT2D eigenvalue weighted by atomic mass is 10.1. The van der Waals surface area contributed by atoms with Crippen molar-refractivity contribution in [2.75, 3.05) is 7.11 Å². The molecule has 2 aromatic carbocycles. The summed E-state index contributed by atoms with van der Waals surface area (Å²) in [5.74, 6) is 0. The van der Waals surface area contributed by atoms with Crippen LogP contribution in [-0.4, -0.2) is 11.8 Å². The quantitative estimate of drug-likeness (QED) is 0.647. The first kappa shape index (κ1) is 15.8. The van der Waals surface area contributed by atoms with Crippen LogP contribution in [0.4, 0.5) is 0 Å². The van der Waals surface area contributed by atoms with Gasteiger partial charge >= 0.3 is 0 Å². The molecule has 0 spiro atoms. The molecule has 23 heavy (non-hydrogen) atoms. The molecular weight excluding hydrogens is 302 g/mol. The Labute approximate surface area is 142 Å². The third kappa shape index (κ3) is 3.02. The van der Waals surface area contributed by atoms with Crippen molar-refractivity contribution in [2.45, 2.75) is 30.6 Å². The van der Waals surface area contributed by atoms with E-state index < -0.39 is 0 Å². The molecule has 3 rings (SSSR count). The summed E-state index contributed by atoms with van der Waals surface area (Å²) in [6.45, 7) is 6.37. The van der Waals surface area contributed by atoms with Gasteiger partial charge in [0.2, 0.25) is 0 Å². The molecular formula is C20H21NOS. The topological polar surface area (TPSA) is 14.2 Å². The van der Waals surface area contributed by atoms with Crippen LogP contribution in [-0.2, 0) is 0 Å². The first-order chi connectivity index (χ1) is 11.1. The monoisotopic (exact) mass is 323 g/mol. The highest BCUT2D eigenvalue weighted by Gasteiger charge is 2.20. The second-order valence-electron chi connectivity index (χ2n) is 5.65. The van der Waals surface area contributed by atoms with Crippen LogP contribution in [0.5, 0.6) is 0 Å². The zero-order valence-corrected chi connectivity index (χ0v) is 14.8. The summed E-state index contributed by atoms with van der Waals surface area (Å²) in [5, 5.41) is 0. The van der Waals surface area contributed by atoms with Crippen molar-refractivity contribution in [1.29, 1.82) is 0 Å². The van der Waals surface area contributed by atoms with Gasteiger partial charge in [0.05, 0.1) is 5.69 Å². The smallest absolute Gasteiger partial charge is 0.104 e. The van der Waals surface area contributed by atoms with E-state index in [2.05, 4.69) is 69.3 Å². The van der Waals surface area contributed by atoms with Crippen molar-refractivity contribution >= 4 is 11.8 Å². The maximum atomic E-state index is 5.65. The number of rotatable bonds is 4. The Morgan fingerprint density at radius 1 is 0.870 bits per heavy atom. The summed E-state index contributed by atoms with van der Waals surface area (Å²) in [4.78, 5) is 8.14. The second-order valence-corrected chi connectivity index (χ2v) is 6.73. The highest BCUT2D eigenvalue weighted by atomic mass is 32.2. The molecule has 0 radical (unpaired) electrons. The molecule has 0 N–H and O–H groups in total. The fourth-order valence-corrected chi connectivity index (χ4v) is 3.78. The van der Waals surface area contributed by atoms with Crippen molar-refractivity contribution in [3.8, 4) is 11.3 Å². The van der Waals surface area contributed by atoms with Gasteiger partial charge in [-0.1, -0.05) is 59.8 Å². The molecule has 0 saturated heterocycles. The highest BCUT2D eigenvalue weighted by Crippen LogP contribution is 2.41. The summed E-state index contributed by atoms with van der Waals surface area (Å²) in [5.41, 5.74) is 5.96. The van der Waals surface area contributed by atoms with Gasteiger partial charge in [-0.25, -0.2) is 0 Å². The van der Waals surface area contributed by atoms with Crippen molar-refractivity contribution < 1.29 is 4.84 Å². The first-order valence-corrected chi connectivity index (χ1v) is 8.49. The molecule has 0 aliphatic rings. The standard InChI is InChI=1S/C20H21NOS/c1-14-10-12-18(13-11-14)23-20-15(2)16(3)21(22-4)19(20)17-8-6-5-7-9-17/h5-13H,1-4H3. The Balaban J connectivity index is 2.13. The number of hydrogen-bond acceptors (Lipinski definition) is 2. The van der Waals surface area contributed by atoms with E-state index in [4.69, 9.17) is 4.84 Å². The van der Waals surface area contributed by atoms with Crippen LogP contribution >= 0.6 is 11.8 Å². The minimum absolute atomic E-state index is 1.12. The third-order valence-corrected chi connectivity index (χ3v) is 5.29. The lowest BCUT2D eigenvalue weighted by Gasteiger charge is -2.11. The van der Waals surface area contributed by atoms with Gasteiger partial charge in [0.25, 0.3) is 0 Å². The Bertz CT molecular complexity index is 804. The Kier molecular flexibility index (Phi) is 4.49. The minimum Gasteiger partial charge on any atom is -0.417 e. The van der Waals surface area contributed by atoms with Crippen LogP contribution in [0.2, 0.25) is 0 Å². The molecule has 0 amide bonds. The van der Waals surface area contributed by atoms with Crippen LogP contribution in [0.25, 0.3) is 11.3 Å². The Hall–Kier alpha value is -2.13. The van der Waals surface area contributed by atoms with E-state index >= 15 is 0 Å². The van der Waals surface area contributed by atoms with E-state index in [1.165, 1.54) is 26.5 Å². The summed E-state index contributed by atoms with van der Waals surface area (Å²) < 4.78 is 1.93. The second kappa shape index (κ2) is 6.55. The third-order valence-electron chi connectivity index (χ3n) is 4.08. The maximum absolute atomic E-state index is 5.65. The number of aromatic nitrogens is 1. The molecule has 0 aliphatic carbocycles. The predicted molar refractivity (Wildman–Crippen MR) is 97.1 cm³/mol. The van der Waals surface area contributed by atoms with Gasteiger partial charge in [-0.3, -0.25) is 0 Å². The van der Waals surface area contributed by atoms with Gasteiger partial charge in [0.1, 0.15) is 12.8 Å². The van der Waals surface area contributed by atoms with Gasteiger partial charge in [0, 0.05) is 15.4 Å². The van der Waals surface area contributed by atoms with Gasteiger partial charge in [-0.15, -0.1) is 0 Å². The van der Waals surface area contributed by atoms with Crippen LogP contribution in [0.1, 0.15) is 16.8 Å². The van der Waals surface area contributed by atoms with E-state index in [9.17, 15) is 0 Å². The molecule has 0 fully saturated rings. The van der Waals surface area contributed by atoms with Crippen LogP contribution < -0.4 is 4.84 Å². The van der Waals surface area contributed by atoms with Crippen LogP contribution in [0.15, 0.2) is 64.4 Å². The largest absolute Gasteiger partial charge is 0.417 e. The molecule has 0 saturated carbocycles. The average Bonchev–Trinajstić information content (AvgIpc) is 2.82.